The van der Waals surface area contributed by atoms with E-state index in [0.717, 1.165) is 14.5 Å². The fourth-order valence-electron chi connectivity index (χ4n) is 1.03. The number of benzene rings is 1. The molecule has 0 spiro atoms. The van der Waals surface area contributed by atoms with E-state index in [1.54, 1.807) is 0 Å². The Morgan fingerprint density at radius 2 is 1.61 bits per heavy atom. The second-order valence-electron chi connectivity index (χ2n) is 4.75. The van der Waals surface area contributed by atoms with Crippen molar-refractivity contribution in [3.8, 4) is 23.3 Å². The molecule has 0 heterocycles. The Kier molecular flexibility index (Phi) is 5.95. The van der Waals surface area contributed by atoms with Gasteiger partial charge in [-0.15, -0.1) is 5.54 Å². The number of hydrogen-bond acceptors (Lipinski definition) is 0. The summed E-state index contributed by atoms with van der Waals surface area (Å²) >= 11 is 6.78. The molecule has 0 fully saturated rings. The van der Waals surface area contributed by atoms with Crippen molar-refractivity contribution in [2.24, 2.45) is 0 Å². The van der Waals surface area contributed by atoms with Crippen LogP contribution in [0.3, 0.4) is 0 Å². The first-order chi connectivity index (χ1) is 8.38. The maximum Gasteiger partial charge on any atom is 0.129 e. The van der Waals surface area contributed by atoms with Crippen molar-refractivity contribution in [2.45, 2.75) is 19.6 Å². The Hall–Kier alpha value is -0.743. The molecule has 0 unspecified atom stereocenters. The topological polar surface area (TPSA) is 0 Å². The summed E-state index contributed by atoms with van der Waals surface area (Å²) in [5.41, 5.74) is 5.09. The van der Waals surface area contributed by atoms with E-state index in [4.69, 9.17) is 0 Å². The molecule has 1 aromatic carbocycles. The minimum absolute atomic E-state index is 0.793. The zero-order valence-electron chi connectivity index (χ0n) is 10.6. The number of hydrogen-bond donors (Lipinski definition) is 0. The molecule has 0 aliphatic carbocycles. The number of halogens is 2. The molecule has 92 valence electrons. The molecule has 1 rings (SSSR count). The summed E-state index contributed by atoms with van der Waals surface area (Å²) < 4.78 is 0.809. The van der Waals surface area contributed by atoms with Crippen LogP contribution in [0.5, 0.6) is 0 Å². The van der Waals surface area contributed by atoms with Gasteiger partial charge in [0, 0.05) is 5.56 Å². The van der Waals surface area contributed by atoms with Gasteiger partial charge in [-0.25, -0.2) is 0 Å². The maximum absolute atomic E-state index is 3.39. The molecule has 18 heavy (non-hydrogen) atoms. The molecule has 0 saturated carbocycles. The van der Waals surface area contributed by atoms with Crippen LogP contribution in [0.4, 0.5) is 0 Å². The lowest BCUT2D eigenvalue weighted by molar-refractivity contribution is 1.65. The zero-order valence-corrected chi connectivity index (χ0v) is 14.8. The third kappa shape index (κ3) is 6.26. The van der Waals surface area contributed by atoms with Crippen LogP contribution < -0.4 is 0 Å². The highest BCUT2D eigenvalue weighted by Gasteiger charge is 2.07. The lowest BCUT2D eigenvalue weighted by atomic mass is 10.2. The summed E-state index contributed by atoms with van der Waals surface area (Å²) in [7, 11) is -1.38. The average molecular weight is 382 g/mol. The van der Waals surface area contributed by atoms with Gasteiger partial charge in [0.1, 0.15) is 8.07 Å². The van der Waals surface area contributed by atoms with Crippen LogP contribution in [0.1, 0.15) is 5.56 Å². The van der Waals surface area contributed by atoms with Gasteiger partial charge in [0.05, 0.1) is 8.96 Å². The SMILES string of the molecule is C[Si](C)(C)C#CC(C#Cc1ccccc1)=C(Br)Br. The Morgan fingerprint density at radius 3 is 2.11 bits per heavy atom. The van der Waals surface area contributed by atoms with Gasteiger partial charge in [0.2, 0.25) is 0 Å². The number of allylic oxidation sites excluding steroid dienone is 1. The van der Waals surface area contributed by atoms with Gasteiger partial charge in [-0.3, -0.25) is 0 Å². The van der Waals surface area contributed by atoms with Gasteiger partial charge in [0.15, 0.2) is 0 Å². The molecular formula is C15H14Br2Si. The lowest BCUT2D eigenvalue weighted by Crippen LogP contribution is -2.16. The Balaban J connectivity index is 3.01. The molecule has 0 radical (unpaired) electrons. The maximum atomic E-state index is 3.39. The summed E-state index contributed by atoms with van der Waals surface area (Å²) in [6, 6.07) is 9.90. The molecule has 0 aliphatic rings. The quantitative estimate of drug-likeness (QED) is 0.442. The highest BCUT2D eigenvalue weighted by atomic mass is 79.9. The fourth-order valence-corrected chi connectivity index (χ4v) is 1.93. The highest BCUT2D eigenvalue weighted by molar-refractivity contribution is 9.28. The molecule has 0 atom stereocenters. The van der Waals surface area contributed by atoms with E-state index in [9.17, 15) is 0 Å². The van der Waals surface area contributed by atoms with Crippen LogP contribution in [0.15, 0.2) is 39.3 Å². The predicted molar refractivity (Wildman–Crippen MR) is 89.3 cm³/mol. The van der Waals surface area contributed by atoms with Crippen molar-refractivity contribution in [3.05, 3.63) is 44.9 Å². The molecule has 3 heteroatoms. The standard InChI is InChI=1S/C15H14Br2Si/c1-18(2,3)12-11-14(15(16)17)10-9-13-7-5-4-6-8-13/h4-8H,1-3H3. The van der Waals surface area contributed by atoms with E-state index in [-0.39, 0.29) is 0 Å². The summed E-state index contributed by atoms with van der Waals surface area (Å²) in [6.07, 6.45) is 0. The van der Waals surface area contributed by atoms with E-state index in [1.165, 1.54) is 0 Å². The average Bonchev–Trinajstić information content (AvgIpc) is 2.28. The Labute approximate surface area is 127 Å². The van der Waals surface area contributed by atoms with E-state index in [0.29, 0.717) is 0 Å². The van der Waals surface area contributed by atoms with Crippen molar-refractivity contribution in [1.29, 1.82) is 0 Å². The van der Waals surface area contributed by atoms with Crippen LogP contribution in [-0.2, 0) is 0 Å². The first kappa shape index (κ1) is 15.3. The fraction of sp³-hybridized carbons (Fsp3) is 0.200. The third-order valence-electron chi connectivity index (χ3n) is 1.86. The largest absolute Gasteiger partial charge is 0.129 e. The van der Waals surface area contributed by atoms with Crippen LogP contribution >= 0.6 is 31.9 Å². The third-order valence-corrected chi connectivity index (χ3v) is 3.53. The van der Waals surface area contributed by atoms with E-state index < -0.39 is 8.07 Å². The van der Waals surface area contributed by atoms with E-state index in [2.05, 4.69) is 74.8 Å². The molecule has 1 aromatic rings. The highest BCUT2D eigenvalue weighted by Crippen LogP contribution is 2.18. The first-order valence-corrected chi connectivity index (χ1v) is 10.6. The Morgan fingerprint density at radius 1 is 1.00 bits per heavy atom. The minimum atomic E-state index is -1.38. The molecule has 0 aromatic heterocycles. The van der Waals surface area contributed by atoms with Gasteiger partial charge in [-0.05, 0) is 44.0 Å². The van der Waals surface area contributed by atoms with Crippen molar-refractivity contribution >= 4 is 39.9 Å². The zero-order chi connectivity index (χ0) is 13.6. The number of rotatable bonds is 0. The van der Waals surface area contributed by atoms with Gasteiger partial charge >= 0.3 is 0 Å². The molecular weight excluding hydrogens is 368 g/mol. The van der Waals surface area contributed by atoms with Crippen molar-refractivity contribution < 1.29 is 0 Å². The summed E-state index contributed by atoms with van der Waals surface area (Å²) in [5, 5.41) is 0. The van der Waals surface area contributed by atoms with Crippen molar-refractivity contribution in [2.75, 3.05) is 0 Å². The minimum Gasteiger partial charge on any atom is -0.126 e. The van der Waals surface area contributed by atoms with Crippen molar-refractivity contribution in [3.63, 3.8) is 0 Å². The van der Waals surface area contributed by atoms with Crippen molar-refractivity contribution in [1.82, 2.24) is 0 Å². The normalized spacial score (nSPS) is 9.61. The van der Waals surface area contributed by atoms with Crippen LogP contribution in [0.25, 0.3) is 0 Å². The monoisotopic (exact) mass is 380 g/mol. The Bertz CT molecular complexity index is 554. The lowest BCUT2D eigenvalue weighted by Gasteiger charge is -2.03. The van der Waals surface area contributed by atoms with E-state index >= 15 is 0 Å². The summed E-state index contributed by atoms with van der Waals surface area (Å²) in [6.45, 7) is 6.64. The van der Waals surface area contributed by atoms with Crippen LogP contribution in [0.2, 0.25) is 19.6 Å². The second kappa shape index (κ2) is 7.00. The molecule has 0 aliphatic heterocycles. The van der Waals surface area contributed by atoms with Gasteiger partial charge in [-0.1, -0.05) is 55.6 Å². The first-order valence-electron chi connectivity index (χ1n) is 5.54. The molecule has 0 saturated heterocycles. The second-order valence-corrected chi connectivity index (χ2v) is 12.2. The van der Waals surface area contributed by atoms with Gasteiger partial charge in [0.25, 0.3) is 0 Å². The van der Waals surface area contributed by atoms with Crippen LogP contribution in [0, 0.1) is 23.3 Å². The van der Waals surface area contributed by atoms with Crippen LogP contribution in [-0.4, -0.2) is 8.07 Å². The summed E-state index contributed by atoms with van der Waals surface area (Å²) in [4.78, 5) is 0. The molecule has 0 amide bonds. The molecule has 0 bridgehead atoms. The van der Waals surface area contributed by atoms with E-state index in [1.807, 2.05) is 30.3 Å². The van der Waals surface area contributed by atoms with Gasteiger partial charge in [-0.2, -0.15) is 0 Å². The van der Waals surface area contributed by atoms with Gasteiger partial charge < -0.3 is 0 Å². The molecule has 0 N–H and O–H groups in total. The summed E-state index contributed by atoms with van der Waals surface area (Å²) in [5.74, 6) is 9.35. The molecule has 0 nitrogen and oxygen atoms in total. The smallest absolute Gasteiger partial charge is 0.126 e. The predicted octanol–water partition coefficient (Wildman–Crippen LogP) is 4.92.